The van der Waals surface area contributed by atoms with Crippen molar-refractivity contribution >= 4 is 28.3 Å². The molecule has 0 aliphatic carbocycles. The summed E-state index contributed by atoms with van der Waals surface area (Å²) in [6.45, 7) is 0. The van der Waals surface area contributed by atoms with Gasteiger partial charge < -0.3 is 5.32 Å². The van der Waals surface area contributed by atoms with E-state index < -0.39 is 0 Å². The van der Waals surface area contributed by atoms with E-state index in [0.29, 0.717) is 17.0 Å². The zero-order chi connectivity index (χ0) is 22.9. The molecule has 1 amide bonds. The van der Waals surface area contributed by atoms with Gasteiger partial charge in [-0.15, -0.1) is 0 Å². The Kier molecular flexibility index (Phi) is 4.77. The topological polar surface area (TPSA) is 85.1 Å². The third kappa shape index (κ3) is 3.65. The summed E-state index contributed by atoms with van der Waals surface area (Å²) >= 11 is 0. The second kappa shape index (κ2) is 8.22. The van der Waals surface area contributed by atoms with Crippen molar-refractivity contribution in [1.82, 2.24) is 24.3 Å². The van der Waals surface area contributed by atoms with Gasteiger partial charge in [0.25, 0.3) is 5.91 Å². The van der Waals surface area contributed by atoms with Crippen molar-refractivity contribution < 1.29 is 4.79 Å². The summed E-state index contributed by atoms with van der Waals surface area (Å²) in [4.78, 5) is 30.9. The molecule has 1 N–H and O–H groups in total. The number of fused-ring (bicyclic) bond motifs is 2. The molecule has 0 aliphatic rings. The first-order valence-electron chi connectivity index (χ1n) is 10.8. The Hall–Kier alpha value is -4.91. The molecule has 162 valence electrons. The number of hydrogen-bond acceptors (Lipinski definition) is 5. The van der Waals surface area contributed by atoms with Gasteiger partial charge in [0.1, 0.15) is 0 Å². The van der Waals surface area contributed by atoms with Gasteiger partial charge in [-0.25, -0.2) is 15.0 Å². The lowest BCUT2D eigenvalue weighted by Gasteiger charge is -2.11. The zero-order valence-corrected chi connectivity index (χ0v) is 18.0. The Labute approximate surface area is 194 Å². The van der Waals surface area contributed by atoms with Gasteiger partial charge in [-0.1, -0.05) is 30.3 Å². The second-order valence-corrected chi connectivity index (χ2v) is 7.79. The van der Waals surface area contributed by atoms with Crippen LogP contribution in [0, 0.1) is 0 Å². The summed E-state index contributed by atoms with van der Waals surface area (Å²) in [6.07, 6.45) is 8.99. The molecule has 0 radical (unpaired) electrons. The van der Waals surface area contributed by atoms with E-state index in [1.165, 1.54) is 0 Å². The number of imidazole rings is 1. The van der Waals surface area contributed by atoms with Gasteiger partial charge in [0.2, 0.25) is 5.78 Å². The van der Waals surface area contributed by atoms with E-state index in [1.807, 2.05) is 89.6 Å². The SMILES string of the molecule is O=C(Nc1ccc(-c2cn3cccnc3n2)cc1)c1cc(-c2ccncc2)nc2ccccc12. The number of rotatable bonds is 4. The highest BCUT2D eigenvalue weighted by molar-refractivity contribution is 6.13. The number of nitrogens with one attached hydrogen (secondary N) is 1. The van der Waals surface area contributed by atoms with E-state index >= 15 is 0 Å². The molecule has 7 nitrogen and oxygen atoms in total. The number of carbonyl (C=O) groups is 1. The van der Waals surface area contributed by atoms with Crippen LogP contribution in [0.2, 0.25) is 0 Å². The molecule has 0 unspecified atom stereocenters. The Morgan fingerprint density at radius 2 is 1.59 bits per heavy atom. The van der Waals surface area contributed by atoms with Crippen LogP contribution >= 0.6 is 0 Å². The molecule has 0 aliphatic heterocycles. The average molecular weight is 442 g/mol. The Morgan fingerprint density at radius 1 is 0.794 bits per heavy atom. The maximum atomic E-state index is 13.3. The number of pyridine rings is 2. The summed E-state index contributed by atoms with van der Waals surface area (Å²) in [5.74, 6) is 0.447. The summed E-state index contributed by atoms with van der Waals surface area (Å²) in [6, 6.07) is 22.7. The van der Waals surface area contributed by atoms with Gasteiger partial charge in [-0.2, -0.15) is 0 Å². The van der Waals surface area contributed by atoms with Crippen molar-refractivity contribution in [3.63, 3.8) is 0 Å². The molecular formula is C27H18N6O. The molecule has 4 heterocycles. The maximum absolute atomic E-state index is 13.3. The van der Waals surface area contributed by atoms with E-state index in [1.54, 1.807) is 18.6 Å². The minimum Gasteiger partial charge on any atom is -0.322 e. The lowest BCUT2D eigenvalue weighted by Crippen LogP contribution is -2.13. The van der Waals surface area contributed by atoms with E-state index in [4.69, 9.17) is 4.98 Å². The molecule has 7 heteroatoms. The third-order valence-electron chi connectivity index (χ3n) is 5.61. The van der Waals surface area contributed by atoms with Crippen LogP contribution in [0.25, 0.3) is 39.2 Å². The van der Waals surface area contributed by atoms with Crippen LogP contribution in [-0.4, -0.2) is 30.2 Å². The fourth-order valence-corrected chi connectivity index (χ4v) is 3.93. The van der Waals surface area contributed by atoms with Crippen LogP contribution in [0.5, 0.6) is 0 Å². The fraction of sp³-hybridized carbons (Fsp3) is 0. The van der Waals surface area contributed by atoms with Gasteiger partial charge in [0.15, 0.2) is 0 Å². The molecule has 0 fully saturated rings. The van der Waals surface area contributed by atoms with Crippen molar-refractivity contribution in [2.75, 3.05) is 5.32 Å². The van der Waals surface area contributed by atoms with E-state index in [2.05, 4.69) is 20.3 Å². The van der Waals surface area contributed by atoms with E-state index in [0.717, 1.165) is 33.4 Å². The lowest BCUT2D eigenvalue weighted by molar-refractivity contribution is 0.102. The molecule has 6 rings (SSSR count). The number of para-hydroxylation sites is 1. The molecule has 0 saturated heterocycles. The highest BCUT2D eigenvalue weighted by atomic mass is 16.1. The van der Waals surface area contributed by atoms with Crippen LogP contribution in [0.15, 0.2) is 104 Å². The molecule has 2 aromatic carbocycles. The number of anilines is 1. The lowest BCUT2D eigenvalue weighted by atomic mass is 10.0. The maximum Gasteiger partial charge on any atom is 0.256 e. The number of nitrogens with zero attached hydrogens (tertiary/aromatic N) is 5. The average Bonchev–Trinajstić information content (AvgIpc) is 3.33. The van der Waals surface area contributed by atoms with Gasteiger partial charge >= 0.3 is 0 Å². The summed E-state index contributed by atoms with van der Waals surface area (Å²) in [7, 11) is 0. The van der Waals surface area contributed by atoms with E-state index in [9.17, 15) is 4.79 Å². The highest BCUT2D eigenvalue weighted by Crippen LogP contribution is 2.26. The largest absolute Gasteiger partial charge is 0.322 e. The Balaban J connectivity index is 1.31. The highest BCUT2D eigenvalue weighted by Gasteiger charge is 2.14. The summed E-state index contributed by atoms with van der Waals surface area (Å²) in [5, 5.41) is 3.82. The van der Waals surface area contributed by atoms with Crippen molar-refractivity contribution in [3.8, 4) is 22.5 Å². The minimum absolute atomic E-state index is 0.196. The Bertz CT molecular complexity index is 1610. The zero-order valence-electron chi connectivity index (χ0n) is 18.0. The normalized spacial score (nSPS) is 11.1. The van der Waals surface area contributed by atoms with Gasteiger partial charge in [-0.3, -0.25) is 14.2 Å². The number of aromatic nitrogens is 5. The molecule has 0 spiro atoms. The number of carbonyl (C=O) groups excluding carboxylic acids is 1. The third-order valence-corrected chi connectivity index (χ3v) is 5.61. The molecule has 0 bridgehead atoms. The van der Waals surface area contributed by atoms with Crippen molar-refractivity contribution in [1.29, 1.82) is 0 Å². The van der Waals surface area contributed by atoms with Gasteiger partial charge in [0.05, 0.1) is 22.5 Å². The predicted molar refractivity (Wildman–Crippen MR) is 131 cm³/mol. The van der Waals surface area contributed by atoms with Gasteiger partial charge in [0, 0.05) is 53.2 Å². The van der Waals surface area contributed by atoms with Crippen LogP contribution < -0.4 is 5.32 Å². The number of amides is 1. The second-order valence-electron chi connectivity index (χ2n) is 7.79. The fourth-order valence-electron chi connectivity index (χ4n) is 3.93. The van der Waals surface area contributed by atoms with Crippen molar-refractivity contribution in [2.45, 2.75) is 0 Å². The first-order chi connectivity index (χ1) is 16.7. The molecule has 0 saturated carbocycles. The summed E-state index contributed by atoms with van der Waals surface area (Å²) in [5.41, 5.74) is 5.41. The number of benzene rings is 2. The Morgan fingerprint density at radius 3 is 2.41 bits per heavy atom. The smallest absolute Gasteiger partial charge is 0.256 e. The van der Waals surface area contributed by atoms with Crippen LogP contribution in [0.4, 0.5) is 5.69 Å². The molecule has 4 aromatic heterocycles. The molecule has 0 atom stereocenters. The van der Waals surface area contributed by atoms with Gasteiger partial charge in [-0.05, 0) is 42.5 Å². The monoisotopic (exact) mass is 442 g/mol. The summed E-state index contributed by atoms with van der Waals surface area (Å²) < 4.78 is 1.87. The first-order valence-corrected chi connectivity index (χ1v) is 10.8. The number of hydrogen-bond donors (Lipinski definition) is 1. The van der Waals surface area contributed by atoms with Crippen LogP contribution in [0.1, 0.15) is 10.4 Å². The van der Waals surface area contributed by atoms with Crippen molar-refractivity contribution in [3.05, 3.63) is 109 Å². The van der Waals surface area contributed by atoms with Crippen molar-refractivity contribution in [2.24, 2.45) is 0 Å². The molecular weight excluding hydrogens is 424 g/mol. The molecule has 34 heavy (non-hydrogen) atoms. The predicted octanol–water partition coefficient (Wildman–Crippen LogP) is 5.26. The first kappa shape index (κ1) is 19.8. The van der Waals surface area contributed by atoms with E-state index in [-0.39, 0.29) is 5.91 Å². The molecule has 6 aromatic rings. The quantitative estimate of drug-likeness (QED) is 0.403. The minimum atomic E-state index is -0.196. The van der Waals surface area contributed by atoms with Crippen LogP contribution in [0.3, 0.4) is 0 Å². The van der Waals surface area contributed by atoms with Crippen LogP contribution in [-0.2, 0) is 0 Å². The standard InChI is InChI=1S/C27H18N6O/c34-26(22-16-24(19-10-13-28-14-11-19)31-23-5-2-1-4-21(22)23)30-20-8-6-18(7-9-20)25-17-33-15-3-12-29-27(33)32-25/h1-17H,(H,30,34).